The standard InChI is InChI=1S/C20H13F3N2O4S/c21-11-1-6-16(26)14(8-11)17(27)10-7-15(18(24)29-9-10)19(28)25-12-2-4-13(5-3-12)30-20(22)23/h1-9,20,24,26H,(H,25,28). The van der Waals surface area contributed by atoms with Crippen LogP contribution in [0.4, 0.5) is 18.9 Å². The Kier molecular flexibility index (Phi) is 6.26. The van der Waals surface area contributed by atoms with E-state index >= 15 is 0 Å². The zero-order valence-corrected chi connectivity index (χ0v) is 15.8. The molecule has 0 bridgehead atoms. The van der Waals surface area contributed by atoms with E-state index in [1.54, 1.807) is 0 Å². The Balaban J connectivity index is 1.84. The lowest BCUT2D eigenvalue weighted by Crippen LogP contribution is -2.22. The van der Waals surface area contributed by atoms with Crippen LogP contribution in [0.25, 0.3) is 0 Å². The van der Waals surface area contributed by atoms with Crippen LogP contribution >= 0.6 is 11.8 Å². The maximum absolute atomic E-state index is 13.4. The number of hydrogen-bond acceptors (Lipinski definition) is 6. The lowest BCUT2D eigenvalue weighted by molar-refractivity contribution is 0.102. The van der Waals surface area contributed by atoms with Crippen LogP contribution < -0.4 is 10.9 Å². The van der Waals surface area contributed by atoms with Gasteiger partial charge in [0.1, 0.15) is 23.4 Å². The summed E-state index contributed by atoms with van der Waals surface area (Å²) in [5.74, 6) is -5.36. The summed E-state index contributed by atoms with van der Waals surface area (Å²) in [5.41, 5.74) is -1.06. The molecule has 0 aliphatic carbocycles. The van der Waals surface area contributed by atoms with E-state index in [1.807, 2.05) is 0 Å². The molecule has 154 valence electrons. The van der Waals surface area contributed by atoms with Gasteiger partial charge in [0.15, 0.2) is 5.78 Å². The van der Waals surface area contributed by atoms with Crippen molar-refractivity contribution in [3.05, 3.63) is 82.9 Å². The molecule has 1 amide bonds. The number of nitrogens with one attached hydrogen (secondary N) is 2. The lowest BCUT2D eigenvalue weighted by atomic mass is 10.0. The van der Waals surface area contributed by atoms with Crippen LogP contribution in [0.3, 0.4) is 0 Å². The fraction of sp³-hybridized carbons (Fsp3) is 0.0500. The second kappa shape index (κ2) is 8.87. The summed E-state index contributed by atoms with van der Waals surface area (Å²) in [6.45, 7) is 0. The summed E-state index contributed by atoms with van der Waals surface area (Å²) in [4.78, 5) is 25.3. The van der Waals surface area contributed by atoms with Gasteiger partial charge in [-0.1, -0.05) is 11.8 Å². The number of alkyl halides is 2. The predicted octanol–water partition coefficient (Wildman–Crippen LogP) is 4.40. The normalized spacial score (nSPS) is 10.8. The van der Waals surface area contributed by atoms with Crippen LogP contribution in [-0.4, -0.2) is 22.6 Å². The molecule has 0 aliphatic heterocycles. The zero-order chi connectivity index (χ0) is 21.8. The van der Waals surface area contributed by atoms with Gasteiger partial charge in [0, 0.05) is 10.6 Å². The molecule has 0 atom stereocenters. The van der Waals surface area contributed by atoms with E-state index in [1.165, 1.54) is 24.3 Å². The molecule has 3 rings (SSSR count). The van der Waals surface area contributed by atoms with Gasteiger partial charge in [-0.15, -0.1) is 0 Å². The van der Waals surface area contributed by atoms with Crippen LogP contribution in [0.15, 0.2) is 64.1 Å². The Morgan fingerprint density at radius 1 is 1.07 bits per heavy atom. The first kappa shape index (κ1) is 21.2. The number of aromatic hydroxyl groups is 1. The third kappa shape index (κ3) is 4.90. The first-order valence-electron chi connectivity index (χ1n) is 8.31. The molecule has 2 aromatic carbocycles. The average molecular weight is 434 g/mol. The molecule has 30 heavy (non-hydrogen) atoms. The molecular formula is C20H13F3N2O4S. The van der Waals surface area contributed by atoms with Crippen molar-refractivity contribution in [2.75, 3.05) is 5.32 Å². The van der Waals surface area contributed by atoms with Crippen LogP contribution in [-0.2, 0) is 0 Å². The van der Waals surface area contributed by atoms with E-state index in [-0.39, 0.29) is 22.4 Å². The van der Waals surface area contributed by atoms with Gasteiger partial charge in [0.05, 0.1) is 11.1 Å². The van der Waals surface area contributed by atoms with Crippen LogP contribution in [0.1, 0.15) is 26.3 Å². The number of carbonyl (C=O) groups excluding carboxylic acids is 2. The second-order valence-electron chi connectivity index (χ2n) is 5.93. The van der Waals surface area contributed by atoms with Gasteiger partial charge in [-0.25, -0.2) is 4.39 Å². The van der Waals surface area contributed by atoms with Gasteiger partial charge in [0.2, 0.25) is 5.55 Å². The molecule has 1 aromatic heterocycles. The lowest BCUT2D eigenvalue weighted by Gasteiger charge is -2.08. The highest BCUT2D eigenvalue weighted by Crippen LogP contribution is 2.26. The minimum Gasteiger partial charge on any atom is -0.507 e. The minimum absolute atomic E-state index is 0.180. The highest BCUT2D eigenvalue weighted by molar-refractivity contribution is 7.99. The highest BCUT2D eigenvalue weighted by Gasteiger charge is 2.19. The summed E-state index contributed by atoms with van der Waals surface area (Å²) < 4.78 is 43.1. The van der Waals surface area contributed by atoms with E-state index < -0.39 is 34.6 Å². The third-order valence-electron chi connectivity index (χ3n) is 3.90. The fourth-order valence-corrected chi connectivity index (χ4v) is 2.99. The van der Waals surface area contributed by atoms with E-state index in [2.05, 4.69) is 5.32 Å². The summed E-state index contributed by atoms with van der Waals surface area (Å²) >= 11 is 0.354. The van der Waals surface area contributed by atoms with Crippen molar-refractivity contribution in [3.63, 3.8) is 0 Å². The maximum Gasteiger partial charge on any atom is 0.288 e. The van der Waals surface area contributed by atoms with E-state index in [4.69, 9.17) is 9.83 Å². The smallest absolute Gasteiger partial charge is 0.288 e. The Morgan fingerprint density at radius 3 is 2.43 bits per heavy atom. The number of hydrogen-bond donors (Lipinski definition) is 3. The number of phenols is 1. The molecule has 0 aliphatic rings. The van der Waals surface area contributed by atoms with E-state index in [9.17, 15) is 27.9 Å². The van der Waals surface area contributed by atoms with Crippen molar-refractivity contribution in [1.29, 1.82) is 5.41 Å². The summed E-state index contributed by atoms with van der Waals surface area (Å²) in [5, 5.41) is 20.0. The fourth-order valence-electron chi connectivity index (χ4n) is 2.49. The van der Waals surface area contributed by atoms with Gasteiger partial charge in [-0.2, -0.15) is 8.78 Å². The van der Waals surface area contributed by atoms with Crippen molar-refractivity contribution in [3.8, 4) is 5.75 Å². The van der Waals surface area contributed by atoms with Crippen molar-refractivity contribution in [2.24, 2.45) is 0 Å². The Labute approximate surface area is 171 Å². The molecule has 0 fully saturated rings. The number of halogens is 3. The maximum atomic E-state index is 13.4. The molecule has 6 nitrogen and oxygen atoms in total. The van der Waals surface area contributed by atoms with Gasteiger partial charge in [-0.05, 0) is 48.5 Å². The van der Waals surface area contributed by atoms with Crippen LogP contribution in [0, 0.1) is 11.2 Å². The molecule has 0 saturated heterocycles. The number of carbonyl (C=O) groups is 2. The molecule has 3 N–H and O–H groups in total. The number of phenolic OH excluding ortho intramolecular Hbond substituents is 1. The minimum atomic E-state index is -2.57. The van der Waals surface area contributed by atoms with Crippen LogP contribution in [0.5, 0.6) is 5.75 Å². The first-order valence-corrected chi connectivity index (χ1v) is 9.19. The SMILES string of the molecule is N=c1occ(C(=O)c2cc(F)ccc2O)cc1C(=O)Nc1ccc(SC(F)F)cc1. The molecular weight excluding hydrogens is 421 g/mol. The molecule has 0 spiro atoms. The Bertz CT molecular complexity index is 1160. The molecule has 0 radical (unpaired) electrons. The topological polar surface area (TPSA) is 103 Å². The number of amides is 1. The Hall–Kier alpha value is -3.53. The number of rotatable bonds is 6. The number of thioether (sulfide) groups is 1. The third-order valence-corrected chi connectivity index (χ3v) is 4.62. The first-order chi connectivity index (χ1) is 14.2. The molecule has 0 unspecified atom stereocenters. The van der Waals surface area contributed by atoms with E-state index in [0.29, 0.717) is 16.7 Å². The number of benzene rings is 2. The summed E-state index contributed by atoms with van der Waals surface area (Å²) in [6, 6.07) is 9.51. The van der Waals surface area contributed by atoms with Gasteiger partial charge < -0.3 is 14.8 Å². The Morgan fingerprint density at radius 2 is 1.77 bits per heavy atom. The van der Waals surface area contributed by atoms with Crippen molar-refractivity contribution >= 4 is 29.1 Å². The number of anilines is 1. The quantitative estimate of drug-likeness (QED) is 0.394. The number of ketones is 1. The van der Waals surface area contributed by atoms with Gasteiger partial charge in [-0.3, -0.25) is 15.0 Å². The average Bonchev–Trinajstić information content (AvgIpc) is 2.70. The molecule has 10 heteroatoms. The molecule has 3 aromatic rings. The largest absolute Gasteiger partial charge is 0.507 e. The van der Waals surface area contributed by atoms with Crippen molar-refractivity contribution in [1.82, 2.24) is 0 Å². The highest BCUT2D eigenvalue weighted by atomic mass is 32.2. The van der Waals surface area contributed by atoms with Gasteiger partial charge in [0.25, 0.3) is 11.7 Å². The molecule has 0 saturated carbocycles. The van der Waals surface area contributed by atoms with Crippen LogP contribution in [0.2, 0.25) is 0 Å². The van der Waals surface area contributed by atoms with Crippen molar-refractivity contribution < 1.29 is 32.3 Å². The monoisotopic (exact) mass is 434 g/mol. The molecule has 1 heterocycles. The predicted molar refractivity (Wildman–Crippen MR) is 102 cm³/mol. The zero-order valence-electron chi connectivity index (χ0n) is 15.0. The van der Waals surface area contributed by atoms with Crippen molar-refractivity contribution in [2.45, 2.75) is 10.7 Å². The van der Waals surface area contributed by atoms with E-state index in [0.717, 1.165) is 30.5 Å². The van der Waals surface area contributed by atoms with Gasteiger partial charge >= 0.3 is 0 Å². The summed E-state index contributed by atoms with van der Waals surface area (Å²) in [6.07, 6.45) is 0.919. The second-order valence-corrected chi connectivity index (χ2v) is 6.99. The summed E-state index contributed by atoms with van der Waals surface area (Å²) in [7, 11) is 0.